The highest BCUT2D eigenvalue weighted by Crippen LogP contribution is 2.36. The lowest BCUT2D eigenvalue weighted by Crippen LogP contribution is -2.12. The van der Waals surface area contributed by atoms with E-state index in [1.165, 1.54) is 7.11 Å². The largest absolute Gasteiger partial charge is 0.491 e. The van der Waals surface area contributed by atoms with E-state index in [0.717, 1.165) is 0 Å². The molecule has 0 fully saturated rings. The molecule has 0 saturated heterocycles. The van der Waals surface area contributed by atoms with Gasteiger partial charge in [0.1, 0.15) is 0 Å². The van der Waals surface area contributed by atoms with Crippen LogP contribution in [0.2, 0.25) is 5.02 Å². The van der Waals surface area contributed by atoms with Crippen LogP contribution in [-0.4, -0.2) is 19.6 Å². The molecule has 2 aromatic carbocycles. The zero-order chi connectivity index (χ0) is 15.2. The van der Waals surface area contributed by atoms with E-state index in [0.29, 0.717) is 34.4 Å². The summed E-state index contributed by atoms with van der Waals surface area (Å²) in [4.78, 5) is 12.3. The van der Waals surface area contributed by atoms with Gasteiger partial charge in [0.05, 0.1) is 18.7 Å². The molecule has 0 saturated carbocycles. The highest BCUT2D eigenvalue weighted by atomic mass is 35.5. The van der Waals surface area contributed by atoms with E-state index in [9.17, 15) is 4.79 Å². The fourth-order valence-corrected chi connectivity index (χ4v) is 2.17. The zero-order valence-corrected chi connectivity index (χ0v) is 12.6. The highest BCUT2D eigenvalue weighted by molar-refractivity contribution is 6.32. The first-order valence-electron chi connectivity index (χ1n) is 6.52. The maximum atomic E-state index is 12.3. The van der Waals surface area contributed by atoms with Crippen LogP contribution in [0.25, 0.3) is 0 Å². The molecule has 0 bridgehead atoms. The van der Waals surface area contributed by atoms with E-state index in [-0.39, 0.29) is 5.91 Å². The van der Waals surface area contributed by atoms with Crippen molar-refractivity contribution in [2.75, 3.05) is 19.0 Å². The van der Waals surface area contributed by atoms with Gasteiger partial charge < -0.3 is 14.8 Å². The molecule has 2 aromatic rings. The van der Waals surface area contributed by atoms with Gasteiger partial charge in [-0.25, -0.2) is 0 Å². The second-order valence-corrected chi connectivity index (χ2v) is 4.65. The van der Waals surface area contributed by atoms with Crippen molar-refractivity contribution in [3.8, 4) is 11.5 Å². The SMILES string of the molecule is CCOc1cc(C(=O)Nc2ccccc2)cc(Cl)c1OC. The van der Waals surface area contributed by atoms with Gasteiger partial charge in [-0.2, -0.15) is 0 Å². The number of nitrogens with one attached hydrogen (secondary N) is 1. The second kappa shape index (κ2) is 6.99. The summed E-state index contributed by atoms with van der Waals surface area (Å²) in [6.07, 6.45) is 0. The molecule has 0 spiro atoms. The Hall–Kier alpha value is -2.20. The van der Waals surface area contributed by atoms with Crippen LogP contribution >= 0.6 is 11.6 Å². The van der Waals surface area contributed by atoms with Gasteiger partial charge >= 0.3 is 0 Å². The summed E-state index contributed by atoms with van der Waals surface area (Å²) in [7, 11) is 1.51. The van der Waals surface area contributed by atoms with Gasteiger partial charge in [-0.15, -0.1) is 0 Å². The molecule has 21 heavy (non-hydrogen) atoms. The molecule has 2 rings (SSSR count). The predicted octanol–water partition coefficient (Wildman–Crippen LogP) is 4.00. The molecular formula is C16H16ClNO3. The monoisotopic (exact) mass is 305 g/mol. The Bertz CT molecular complexity index is 629. The Kier molecular flexibility index (Phi) is 5.06. The third kappa shape index (κ3) is 3.67. The number of carbonyl (C=O) groups excluding carboxylic acids is 1. The molecule has 0 aromatic heterocycles. The Morgan fingerprint density at radius 3 is 2.57 bits per heavy atom. The van der Waals surface area contributed by atoms with Crippen LogP contribution in [0.4, 0.5) is 5.69 Å². The number of hydrogen-bond donors (Lipinski definition) is 1. The lowest BCUT2D eigenvalue weighted by molar-refractivity contribution is 0.102. The molecule has 0 unspecified atom stereocenters. The number of benzene rings is 2. The first-order chi connectivity index (χ1) is 10.2. The second-order valence-electron chi connectivity index (χ2n) is 4.24. The maximum absolute atomic E-state index is 12.3. The van der Waals surface area contributed by atoms with Crippen molar-refractivity contribution >= 4 is 23.2 Å². The standard InChI is InChI=1S/C16H16ClNO3/c1-3-21-14-10-11(9-13(17)15(14)20-2)16(19)18-12-7-5-4-6-8-12/h4-10H,3H2,1-2H3,(H,18,19). The number of halogens is 1. The lowest BCUT2D eigenvalue weighted by Gasteiger charge is -2.13. The minimum Gasteiger partial charge on any atom is -0.491 e. The van der Waals surface area contributed by atoms with Crippen LogP contribution in [0.15, 0.2) is 42.5 Å². The zero-order valence-electron chi connectivity index (χ0n) is 11.9. The molecule has 0 atom stereocenters. The van der Waals surface area contributed by atoms with E-state index < -0.39 is 0 Å². The molecule has 0 heterocycles. The number of ether oxygens (including phenoxy) is 2. The number of hydrogen-bond acceptors (Lipinski definition) is 3. The van der Waals surface area contributed by atoms with Gasteiger partial charge in [-0.1, -0.05) is 29.8 Å². The van der Waals surface area contributed by atoms with Crippen LogP contribution in [0, 0.1) is 0 Å². The van der Waals surface area contributed by atoms with Gasteiger partial charge in [0.25, 0.3) is 5.91 Å². The molecular weight excluding hydrogens is 290 g/mol. The summed E-state index contributed by atoms with van der Waals surface area (Å²) < 4.78 is 10.7. The minimum atomic E-state index is -0.258. The van der Waals surface area contributed by atoms with Gasteiger partial charge in [0.2, 0.25) is 0 Å². The third-order valence-corrected chi connectivity index (χ3v) is 3.09. The molecule has 0 aliphatic carbocycles. The summed E-state index contributed by atoms with van der Waals surface area (Å²) >= 11 is 6.13. The van der Waals surface area contributed by atoms with Crippen LogP contribution in [0.3, 0.4) is 0 Å². The summed E-state index contributed by atoms with van der Waals surface area (Å²) in [5, 5.41) is 3.13. The molecule has 0 aliphatic rings. The minimum absolute atomic E-state index is 0.258. The fourth-order valence-electron chi connectivity index (χ4n) is 1.88. The van der Waals surface area contributed by atoms with Crippen molar-refractivity contribution in [2.24, 2.45) is 0 Å². The molecule has 5 heteroatoms. The smallest absolute Gasteiger partial charge is 0.255 e. The number of para-hydroxylation sites is 1. The Morgan fingerprint density at radius 2 is 1.95 bits per heavy atom. The summed E-state index contributed by atoms with van der Waals surface area (Å²) in [5.41, 5.74) is 1.13. The number of carbonyl (C=O) groups is 1. The normalized spacial score (nSPS) is 10.0. The average Bonchev–Trinajstić information content (AvgIpc) is 2.48. The molecule has 1 N–H and O–H groups in total. The van der Waals surface area contributed by atoms with Crippen molar-refractivity contribution in [1.82, 2.24) is 0 Å². The number of rotatable bonds is 5. The first-order valence-corrected chi connectivity index (χ1v) is 6.90. The molecule has 0 aliphatic heterocycles. The van der Waals surface area contributed by atoms with E-state index in [1.54, 1.807) is 12.1 Å². The van der Waals surface area contributed by atoms with E-state index in [4.69, 9.17) is 21.1 Å². The van der Waals surface area contributed by atoms with Crippen molar-refractivity contribution in [1.29, 1.82) is 0 Å². The third-order valence-electron chi connectivity index (χ3n) is 2.81. The van der Waals surface area contributed by atoms with Crippen LogP contribution in [-0.2, 0) is 0 Å². The van der Waals surface area contributed by atoms with E-state index in [2.05, 4.69) is 5.32 Å². The van der Waals surface area contributed by atoms with E-state index in [1.807, 2.05) is 37.3 Å². The topological polar surface area (TPSA) is 47.6 Å². The average molecular weight is 306 g/mol. The van der Waals surface area contributed by atoms with Crippen LogP contribution in [0.1, 0.15) is 17.3 Å². The number of anilines is 1. The molecule has 1 amide bonds. The Morgan fingerprint density at radius 1 is 1.24 bits per heavy atom. The van der Waals surface area contributed by atoms with Gasteiger partial charge in [0, 0.05) is 11.3 Å². The summed E-state index contributed by atoms with van der Waals surface area (Å²) in [5.74, 6) is 0.618. The molecule has 110 valence electrons. The maximum Gasteiger partial charge on any atom is 0.255 e. The van der Waals surface area contributed by atoms with E-state index >= 15 is 0 Å². The Labute approximate surface area is 128 Å². The van der Waals surface area contributed by atoms with Crippen LogP contribution in [0.5, 0.6) is 11.5 Å². The summed E-state index contributed by atoms with van der Waals surface area (Å²) in [6.45, 7) is 2.31. The van der Waals surface area contributed by atoms with Gasteiger partial charge in [-0.05, 0) is 31.2 Å². The van der Waals surface area contributed by atoms with Crippen molar-refractivity contribution < 1.29 is 14.3 Å². The molecule has 4 nitrogen and oxygen atoms in total. The number of amides is 1. The van der Waals surface area contributed by atoms with Gasteiger partial charge in [0.15, 0.2) is 11.5 Å². The Balaban J connectivity index is 2.29. The van der Waals surface area contributed by atoms with Crippen LogP contribution < -0.4 is 14.8 Å². The predicted molar refractivity (Wildman–Crippen MR) is 83.6 cm³/mol. The fraction of sp³-hybridized carbons (Fsp3) is 0.188. The summed E-state index contributed by atoms with van der Waals surface area (Å²) in [6, 6.07) is 12.4. The number of methoxy groups -OCH3 is 1. The van der Waals surface area contributed by atoms with Crippen molar-refractivity contribution in [3.05, 3.63) is 53.1 Å². The van der Waals surface area contributed by atoms with Crippen molar-refractivity contribution in [3.63, 3.8) is 0 Å². The first kappa shape index (κ1) is 15.2. The lowest BCUT2D eigenvalue weighted by atomic mass is 10.1. The quantitative estimate of drug-likeness (QED) is 0.908. The van der Waals surface area contributed by atoms with Crippen molar-refractivity contribution in [2.45, 2.75) is 6.92 Å². The van der Waals surface area contributed by atoms with Gasteiger partial charge in [-0.3, -0.25) is 4.79 Å². The molecule has 0 radical (unpaired) electrons. The highest BCUT2D eigenvalue weighted by Gasteiger charge is 2.15.